The third-order valence-corrected chi connectivity index (χ3v) is 5.45. The molecule has 0 unspecified atom stereocenters. The molecular weight excluding hydrogens is 324 g/mol. The molecule has 0 aromatic heterocycles. The van der Waals surface area contributed by atoms with Crippen molar-refractivity contribution in [2.24, 2.45) is 5.92 Å². The summed E-state index contributed by atoms with van der Waals surface area (Å²) in [5.41, 5.74) is 0.854. The first-order chi connectivity index (χ1) is 11.6. The molecule has 0 aliphatic carbocycles. The summed E-state index contributed by atoms with van der Waals surface area (Å²) in [4.78, 5) is 28.2. The fourth-order valence-electron chi connectivity index (χ4n) is 3.83. The largest absolute Gasteiger partial charge is 0.343 e. The number of hydrogen-bond acceptors (Lipinski definition) is 2. The van der Waals surface area contributed by atoms with E-state index < -0.39 is 0 Å². The molecule has 2 amide bonds. The molecule has 4 nitrogen and oxygen atoms in total. The van der Waals surface area contributed by atoms with Crippen LogP contribution in [0.1, 0.15) is 31.7 Å². The van der Waals surface area contributed by atoms with Gasteiger partial charge in [-0.15, -0.1) is 0 Å². The number of piperidine rings is 2. The molecule has 1 aromatic rings. The molecule has 2 heterocycles. The first kappa shape index (κ1) is 17.0. The van der Waals surface area contributed by atoms with Crippen LogP contribution in [0, 0.1) is 5.92 Å². The van der Waals surface area contributed by atoms with Gasteiger partial charge in [0.1, 0.15) is 0 Å². The molecule has 0 N–H and O–H groups in total. The normalized spacial score (nSPS) is 24.1. The first-order valence-corrected chi connectivity index (χ1v) is 8.93. The van der Waals surface area contributed by atoms with Gasteiger partial charge in [-0.1, -0.05) is 29.8 Å². The molecule has 128 valence electrons. The van der Waals surface area contributed by atoms with Crippen LogP contribution in [-0.2, 0) is 9.59 Å². The maximum Gasteiger partial charge on any atom is 0.246 e. The van der Waals surface area contributed by atoms with E-state index in [9.17, 15) is 9.59 Å². The fourth-order valence-corrected chi connectivity index (χ4v) is 4.03. The van der Waals surface area contributed by atoms with Crippen LogP contribution >= 0.6 is 11.6 Å². The summed E-state index contributed by atoms with van der Waals surface area (Å²) in [6, 6.07) is 7.75. The number of amides is 2. The van der Waals surface area contributed by atoms with E-state index in [0.29, 0.717) is 10.9 Å². The van der Waals surface area contributed by atoms with E-state index in [2.05, 4.69) is 0 Å². The summed E-state index contributed by atoms with van der Waals surface area (Å²) in [6.45, 7) is 3.94. The SMILES string of the molecule is CC(=O)N1CC[C@H]2[C@H](CCCN2C(=O)/C=C/c2ccccc2Cl)C1. The number of halogens is 1. The lowest BCUT2D eigenvalue weighted by atomic mass is 9.83. The standard InChI is InChI=1S/C19H23ClN2O2/c1-14(23)21-12-10-18-16(13-21)6-4-11-22(18)19(24)9-8-15-5-2-3-7-17(15)20/h2-3,5,7-9,16,18H,4,6,10-13H2,1H3/b9-8+/t16-,18+/m1/s1. The molecule has 0 spiro atoms. The van der Waals surface area contributed by atoms with Crippen molar-refractivity contribution in [1.29, 1.82) is 0 Å². The van der Waals surface area contributed by atoms with E-state index in [1.165, 1.54) is 0 Å². The Balaban J connectivity index is 1.69. The van der Waals surface area contributed by atoms with Gasteiger partial charge in [-0.05, 0) is 42.9 Å². The van der Waals surface area contributed by atoms with Crippen molar-refractivity contribution in [2.45, 2.75) is 32.2 Å². The maximum atomic E-state index is 12.7. The van der Waals surface area contributed by atoms with Gasteiger partial charge in [-0.2, -0.15) is 0 Å². The van der Waals surface area contributed by atoms with Crippen LogP contribution in [-0.4, -0.2) is 47.3 Å². The molecule has 0 saturated carbocycles. The summed E-state index contributed by atoms with van der Waals surface area (Å²) < 4.78 is 0. The van der Waals surface area contributed by atoms with Gasteiger partial charge in [0.25, 0.3) is 0 Å². The Labute approximate surface area is 148 Å². The third-order valence-electron chi connectivity index (χ3n) is 5.11. The zero-order chi connectivity index (χ0) is 17.1. The van der Waals surface area contributed by atoms with Gasteiger partial charge in [0.05, 0.1) is 0 Å². The second-order valence-corrected chi connectivity index (χ2v) is 7.02. The van der Waals surface area contributed by atoms with Crippen LogP contribution in [0.4, 0.5) is 0 Å². The van der Waals surface area contributed by atoms with Gasteiger partial charge in [0.15, 0.2) is 0 Å². The lowest BCUT2D eigenvalue weighted by Crippen LogP contribution is -2.56. The Hall–Kier alpha value is -1.81. The molecule has 5 heteroatoms. The smallest absolute Gasteiger partial charge is 0.246 e. The summed E-state index contributed by atoms with van der Waals surface area (Å²) in [7, 11) is 0. The Bertz CT molecular complexity index is 659. The molecule has 0 bridgehead atoms. The van der Waals surface area contributed by atoms with Crippen LogP contribution in [0.15, 0.2) is 30.3 Å². The molecule has 2 fully saturated rings. The summed E-state index contributed by atoms with van der Waals surface area (Å²) in [6.07, 6.45) is 6.38. The van der Waals surface area contributed by atoms with Gasteiger partial charge in [0.2, 0.25) is 11.8 Å². The van der Waals surface area contributed by atoms with Gasteiger partial charge in [0, 0.05) is 43.7 Å². The quantitative estimate of drug-likeness (QED) is 0.771. The average Bonchev–Trinajstić information content (AvgIpc) is 2.59. The molecule has 3 rings (SSSR count). The lowest BCUT2D eigenvalue weighted by molar-refractivity contribution is -0.137. The van der Waals surface area contributed by atoms with E-state index in [1.54, 1.807) is 19.1 Å². The van der Waals surface area contributed by atoms with Crippen LogP contribution in [0.25, 0.3) is 6.08 Å². The molecule has 24 heavy (non-hydrogen) atoms. The molecule has 1 aromatic carbocycles. The van der Waals surface area contributed by atoms with E-state index in [-0.39, 0.29) is 17.9 Å². The number of carbonyl (C=O) groups excluding carboxylic acids is 2. The van der Waals surface area contributed by atoms with Gasteiger partial charge in [-0.3, -0.25) is 9.59 Å². The number of nitrogens with zero attached hydrogens (tertiary/aromatic N) is 2. The highest BCUT2D eigenvalue weighted by atomic mass is 35.5. The van der Waals surface area contributed by atoms with Crippen LogP contribution < -0.4 is 0 Å². The number of benzene rings is 1. The predicted octanol–water partition coefficient (Wildman–Crippen LogP) is 3.21. The Morgan fingerprint density at radius 2 is 2.00 bits per heavy atom. The van der Waals surface area contributed by atoms with Crippen LogP contribution in [0.3, 0.4) is 0 Å². The van der Waals surface area contributed by atoms with Crippen molar-refractivity contribution in [3.8, 4) is 0 Å². The number of rotatable bonds is 2. The van der Waals surface area contributed by atoms with Crippen molar-refractivity contribution in [2.75, 3.05) is 19.6 Å². The summed E-state index contributed by atoms with van der Waals surface area (Å²) in [5.74, 6) is 0.575. The minimum atomic E-state index is 0.0425. The summed E-state index contributed by atoms with van der Waals surface area (Å²) >= 11 is 6.14. The van der Waals surface area contributed by atoms with Crippen LogP contribution in [0.5, 0.6) is 0 Å². The first-order valence-electron chi connectivity index (χ1n) is 8.55. The maximum absolute atomic E-state index is 12.7. The predicted molar refractivity (Wildman–Crippen MR) is 95.6 cm³/mol. The van der Waals surface area contributed by atoms with Crippen molar-refractivity contribution >= 4 is 29.5 Å². The number of fused-ring (bicyclic) bond motifs is 1. The monoisotopic (exact) mass is 346 g/mol. The van der Waals surface area contributed by atoms with E-state index >= 15 is 0 Å². The van der Waals surface area contributed by atoms with Crippen molar-refractivity contribution < 1.29 is 9.59 Å². The highest BCUT2D eigenvalue weighted by Crippen LogP contribution is 2.31. The van der Waals surface area contributed by atoms with Crippen molar-refractivity contribution in [1.82, 2.24) is 9.80 Å². The zero-order valence-corrected chi connectivity index (χ0v) is 14.7. The molecular formula is C19H23ClN2O2. The van der Waals surface area contributed by atoms with Gasteiger partial charge in [-0.25, -0.2) is 0 Å². The number of hydrogen-bond donors (Lipinski definition) is 0. The Morgan fingerprint density at radius 1 is 1.21 bits per heavy atom. The molecule has 2 aliphatic heterocycles. The minimum Gasteiger partial charge on any atom is -0.343 e. The Kier molecular flexibility index (Phi) is 5.24. The highest BCUT2D eigenvalue weighted by Gasteiger charge is 2.37. The third kappa shape index (κ3) is 3.64. The Morgan fingerprint density at radius 3 is 2.75 bits per heavy atom. The van der Waals surface area contributed by atoms with E-state index in [1.807, 2.05) is 34.1 Å². The second-order valence-electron chi connectivity index (χ2n) is 6.61. The van der Waals surface area contributed by atoms with Crippen LogP contribution in [0.2, 0.25) is 5.02 Å². The molecule has 2 saturated heterocycles. The minimum absolute atomic E-state index is 0.0425. The molecule has 0 radical (unpaired) electrons. The van der Waals surface area contributed by atoms with E-state index in [0.717, 1.165) is 44.5 Å². The topological polar surface area (TPSA) is 40.6 Å². The fraction of sp³-hybridized carbons (Fsp3) is 0.474. The van der Waals surface area contributed by atoms with E-state index in [4.69, 9.17) is 11.6 Å². The average molecular weight is 347 g/mol. The molecule has 2 aliphatic rings. The number of carbonyl (C=O) groups is 2. The summed E-state index contributed by atoms with van der Waals surface area (Å²) in [5, 5.41) is 0.646. The lowest BCUT2D eigenvalue weighted by Gasteiger charge is -2.46. The number of likely N-dealkylation sites (tertiary alicyclic amines) is 2. The van der Waals surface area contributed by atoms with Gasteiger partial charge < -0.3 is 9.80 Å². The van der Waals surface area contributed by atoms with Crippen molar-refractivity contribution in [3.63, 3.8) is 0 Å². The zero-order valence-electron chi connectivity index (χ0n) is 14.0. The molecule has 2 atom stereocenters. The van der Waals surface area contributed by atoms with Gasteiger partial charge >= 0.3 is 0 Å². The highest BCUT2D eigenvalue weighted by molar-refractivity contribution is 6.32. The van der Waals surface area contributed by atoms with Crippen molar-refractivity contribution in [3.05, 3.63) is 40.9 Å². The second kappa shape index (κ2) is 7.39.